The number of carbonyl (C=O) groups is 2. The van der Waals surface area contributed by atoms with Crippen LogP contribution in [0, 0.1) is 0 Å². The summed E-state index contributed by atoms with van der Waals surface area (Å²) in [6, 6.07) is 16.3. The number of ether oxygens (including phenoxy) is 3. The fourth-order valence-electron chi connectivity index (χ4n) is 4.44. The topological polar surface area (TPSA) is 82.1 Å². The Morgan fingerprint density at radius 2 is 1.72 bits per heavy atom. The van der Waals surface area contributed by atoms with E-state index in [4.69, 9.17) is 14.2 Å². The Hall–Kier alpha value is -2.16. The molecule has 0 amide bonds. The highest BCUT2D eigenvalue weighted by Crippen LogP contribution is 2.46. The van der Waals surface area contributed by atoms with Gasteiger partial charge < -0.3 is 19.3 Å². The van der Waals surface area contributed by atoms with E-state index < -0.39 is 6.10 Å². The molecule has 6 nitrogen and oxygen atoms in total. The quantitative estimate of drug-likeness (QED) is 0.318. The zero-order valence-corrected chi connectivity index (χ0v) is 22.7. The molecule has 8 heteroatoms. The van der Waals surface area contributed by atoms with Gasteiger partial charge in [-0.05, 0) is 29.9 Å². The molecular formula is C28H36O6S2. The largest absolute Gasteiger partial charge is 0.488 e. The van der Waals surface area contributed by atoms with Crippen LogP contribution >= 0.6 is 23.5 Å². The molecule has 196 valence electrons. The van der Waals surface area contributed by atoms with Gasteiger partial charge in [0.05, 0.1) is 37.7 Å². The average molecular weight is 533 g/mol. The van der Waals surface area contributed by atoms with Gasteiger partial charge in [0, 0.05) is 17.1 Å². The predicted molar refractivity (Wildman–Crippen MR) is 146 cm³/mol. The first-order chi connectivity index (χ1) is 17.5. The van der Waals surface area contributed by atoms with Crippen LogP contribution in [0.4, 0.5) is 0 Å². The van der Waals surface area contributed by atoms with E-state index >= 15 is 0 Å². The maximum absolute atomic E-state index is 11.8. The Labute approximate surface area is 222 Å². The standard InChI is InChI=1S/C28H36O6S2/c1-32-25(30)15-16-36-28(24(29)18-35-19-26(31)33-2)23-14-8-13-22(21-11-6-7-12-21)27(23)34-17-20-9-4-3-5-10-20/h3-5,8-10,13-14,21,24,28-29H,6-7,11-12,15-19H2,1-2H3. The Morgan fingerprint density at radius 3 is 2.42 bits per heavy atom. The molecule has 0 aromatic heterocycles. The highest BCUT2D eigenvalue weighted by molar-refractivity contribution is 8.00. The molecular weight excluding hydrogens is 496 g/mol. The maximum Gasteiger partial charge on any atom is 0.315 e. The molecule has 3 rings (SSSR count). The Morgan fingerprint density at radius 1 is 1.00 bits per heavy atom. The number of rotatable bonds is 14. The summed E-state index contributed by atoms with van der Waals surface area (Å²) in [5.74, 6) is 1.70. The van der Waals surface area contributed by atoms with E-state index in [2.05, 4.69) is 6.07 Å². The van der Waals surface area contributed by atoms with Crippen LogP contribution in [0.25, 0.3) is 0 Å². The van der Waals surface area contributed by atoms with Gasteiger partial charge >= 0.3 is 11.9 Å². The van der Waals surface area contributed by atoms with Crippen molar-refractivity contribution in [2.24, 2.45) is 0 Å². The lowest BCUT2D eigenvalue weighted by Crippen LogP contribution is -2.22. The third-order valence-corrected chi connectivity index (χ3v) is 8.70. The van der Waals surface area contributed by atoms with E-state index in [1.54, 1.807) is 0 Å². The number of aliphatic hydroxyl groups is 1. The summed E-state index contributed by atoms with van der Waals surface area (Å²) >= 11 is 2.85. The van der Waals surface area contributed by atoms with Gasteiger partial charge in [-0.3, -0.25) is 9.59 Å². The summed E-state index contributed by atoms with van der Waals surface area (Å²) in [5, 5.41) is 10.9. The van der Waals surface area contributed by atoms with Gasteiger partial charge in [0.15, 0.2) is 0 Å². The number of benzene rings is 2. The maximum atomic E-state index is 11.8. The van der Waals surface area contributed by atoms with Crippen molar-refractivity contribution in [3.05, 3.63) is 65.2 Å². The van der Waals surface area contributed by atoms with Gasteiger partial charge in [-0.2, -0.15) is 11.8 Å². The Kier molecular flexibility index (Phi) is 12.0. The van der Waals surface area contributed by atoms with Gasteiger partial charge in [0.2, 0.25) is 0 Å². The van der Waals surface area contributed by atoms with Gasteiger partial charge in [-0.25, -0.2) is 0 Å². The van der Waals surface area contributed by atoms with E-state index in [1.807, 2.05) is 42.5 Å². The molecule has 1 aliphatic carbocycles. The van der Waals surface area contributed by atoms with Crippen molar-refractivity contribution in [3.8, 4) is 5.75 Å². The number of esters is 2. The third kappa shape index (κ3) is 8.46. The van der Waals surface area contributed by atoms with Crippen LogP contribution in [-0.4, -0.2) is 54.6 Å². The first-order valence-corrected chi connectivity index (χ1v) is 14.5. The number of para-hydroxylation sites is 1. The van der Waals surface area contributed by atoms with Crippen molar-refractivity contribution in [2.75, 3.05) is 31.5 Å². The fourth-order valence-corrected chi connectivity index (χ4v) is 6.62. The van der Waals surface area contributed by atoms with Crippen LogP contribution in [0.15, 0.2) is 48.5 Å². The molecule has 0 aliphatic heterocycles. The summed E-state index contributed by atoms with van der Waals surface area (Å²) < 4.78 is 16.0. The van der Waals surface area contributed by atoms with Crippen LogP contribution in [-0.2, 0) is 25.7 Å². The number of hydrogen-bond donors (Lipinski definition) is 1. The molecule has 0 bridgehead atoms. The van der Waals surface area contributed by atoms with Gasteiger partial charge in [-0.15, -0.1) is 11.8 Å². The van der Waals surface area contributed by atoms with Crippen LogP contribution in [0.3, 0.4) is 0 Å². The third-order valence-electron chi connectivity index (χ3n) is 6.32. The minimum absolute atomic E-state index is 0.173. The fraction of sp³-hybridized carbons (Fsp3) is 0.500. The van der Waals surface area contributed by atoms with Gasteiger partial charge in [0.1, 0.15) is 12.4 Å². The van der Waals surface area contributed by atoms with E-state index in [-0.39, 0.29) is 29.4 Å². The zero-order chi connectivity index (χ0) is 25.8. The summed E-state index contributed by atoms with van der Waals surface area (Å²) in [4.78, 5) is 23.3. The molecule has 2 aromatic carbocycles. The Balaban J connectivity index is 1.89. The SMILES string of the molecule is COC(=O)CCSC(c1cccc(C2CCCC2)c1OCc1ccccc1)C(O)CSCC(=O)OC. The van der Waals surface area contributed by atoms with E-state index in [9.17, 15) is 14.7 Å². The number of thioether (sulfide) groups is 2. The Bertz CT molecular complexity index is 962. The predicted octanol–water partition coefficient (Wildman–Crippen LogP) is 5.53. The van der Waals surface area contributed by atoms with Crippen LogP contribution in [0.2, 0.25) is 0 Å². The molecule has 1 saturated carbocycles. The van der Waals surface area contributed by atoms with E-state index in [1.165, 1.54) is 56.1 Å². The lowest BCUT2D eigenvalue weighted by Gasteiger charge is -2.27. The molecule has 0 saturated heterocycles. The molecule has 1 aliphatic rings. The number of aliphatic hydroxyl groups excluding tert-OH is 1. The zero-order valence-electron chi connectivity index (χ0n) is 21.0. The summed E-state index contributed by atoms with van der Waals surface area (Å²) in [6.07, 6.45) is 4.17. The van der Waals surface area contributed by atoms with E-state index in [0.717, 1.165) is 29.7 Å². The number of hydrogen-bond acceptors (Lipinski definition) is 8. The highest BCUT2D eigenvalue weighted by Gasteiger charge is 2.29. The van der Waals surface area contributed by atoms with Crippen LogP contribution in [0.1, 0.15) is 60.0 Å². The smallest absolute Gasteiger partial charge is 0.315 e. The second-order valence-corrected chi connectivity index (χ2v) is 11.1. The van der Waals surface area contributed by atoms with Crippen molar-refractivity contribution in [2.45, 2.75) is 56.0 Å². The first kappa shape index (κ1) is 28.4. The van der Waals surface area contributed by atoms with Crippen molar-refractivity contribution in [3.63, 3.8) is 0 Å². The summed E-state index contributed by atoms with van der Waals surface area (Å²) in [7, 11) is 2.74. The molecule has 2 unspecified atom stereocenters. The van der Waals surface area contributed by atoms with Gasteiger partial charge in [-0.1, -0.05) is 61.4 Å². The minimum Gasteiger partial charge on any atom is -0.488 e. The second-order valence-electron chi connectivity index (χ2n) is 8.80. The lowest BCUT2D eigenvalue weighted by atomic mass is 9.93. The molecule has 1 fully saturated rings. The molecule has 2 atom stereocenters. The normalized spacial score (nSPS) is 15.3. The van der Waals surface area contributed by atoms with Gasteiger partial charge in [0.25, 0.3) is 0 Å². The second kappa shape index (κ2) is 15.2. The summed E-state index contributed by atoms with van der Waals surface area (Å²) in [6.45, 7) is 0.435. The first-order valence-electron chi connectivity index (χ1n) is 12.3. The molecule has 0 spiro atoms. The highest BCUT2D eigenvalue weighted by atomic mass is 32.2. The van der Waals surface area contributed by atoms with Crippen molar-refractivity contribution in [1.29, 1.82) is 0 Å². The van der Waals surface area contributed by atoms with Crippen LogP contribution in [0.5, 0.6) is 5.75 Å². The van der Waals surface area contributed by atoms with Crippen LogP contribution < -0.4 is 4.74 Å². The number of methoxy groups -OCH3 is 2. The molecule has 36 heavy (non-hydrogen) atoms. The van der Waals surface area contributed by atoms with Crippen molar-refractivity contribution >= 4 is 35.5 Å². The average Bonchev–Trinajstić information content (AvgIpc) is 3.45. The van der Waals surface area contributed by atoms with E-state index in [0.29, 0.717) is 24.0 Å². The monoisotopic (exact) mass is 532 g/mol. The minimum atomic E-state index is -0.750. The number of carbonyl (C=O) groups excluding carboxylic acids is 2. The summed E-state index contributed by atoms with van der Waals surface area (Å²) in [5.41, 5.74) is 3.19. The molecule has 1 N–H and O–H groups in total. The molecule has 0 radical (unpaired) electrons. The lowest BCUT2D eigenvalue weighted by molar-refractivity contribution is -0.140. The van der Waals surface area contributed by atoms with Crippen molar-refractivity contribution in [1.82, 2.24) is 0 Å². The molecule has 0 heterocycles. The molecule has 2 aromatic rings. The van der Waals surface area contributed by atoms with Crippen molar-refractivity contribution < 1.29 is 28.9 Å².